The van der Waals surface area contributed by atoms with Gasteiger partial charge in [0.05, 0.1) is 0 Å². The van der Waals surface area contributed by atoms with Crippen LogP contribution in [0.15, 0.2) is 24.3 Å². The molecule has 0 radical (unpaired) electrons. The van der Waals surface area contributed by atoms with Gasteiger partial charge in [-0.05, 0) is 44.4 Å². The fraction of sp³-hybridized carbons (Fsp3) is 0.556. The normalized spacial score (nSPS) is 10.4. The summed E-state index contributed by atoms with van der Waals surface area (Å²) in [5.41, 5.74) is 1.86. The number of benzene rings is 1. The first-order valence-corrected chi connectivity index (χ1v) is 8.22. The van der Waals surface area contributed by atoms with Crippen molar-refractivity contribution in [3.63, 3.8) is 0 Å². The van der Waals surface area contributed by atoms with E-state index in [1.54, 1.807) is 9.80 Å². The first-order chi connectivity index (χ1) is 10.5. The number of hydrogen-bond donors (Lipinski definition) is 0. The van der Waals surface area contributed by atoms with E-state index in [1.807, 2.05) is 45.0 Å². The maximum atomic E-state index is 12.6. The molecule has 122 valence electrons. The van der Waals surface area contributed by atoms with Gasteiger partial charge < -0.3 is 9.80 Å². The minimum absolute atomic E-state index is 0.390. The molecule has 0 aliphatic heterocycles. The monoisotopic (exact) mass is 304 g/mol. The second kappa shape index (κ2) is 9.23. The molecule has 0 bridgehead atoms. The summed E-state index contributed by atoms with van der Waals surface area (Å²) >= 11 is 0. The predicted molar refractivity (Wildman–Crippen MR) is 91.0 cm³/mol. The van der Waals surface area contributed by atoms with Crippen LogP contribution in [0.4, 0.5) is 5.69 Å². The Kier molecular flexibility index (Phi) is 7.64. The van der Waals surface area contributed by atoms with Crippen molar-refractivity contribution in [1.82, 2.24) is 4.90 Å². The van der Waals surface area contributed by atoms with Crippen LogP contribution in [0.1, 0.15) is 45.6 Å². The summed E-state index contributed by atoms with van der Waals surface area (Å²) in [7, 11) is 0. The van der Waals surface area contributed by atoms with E-state index in [2.05, 4.69) is 6.92 Å². The van der Waals surface area contributed by atoms with Gasteiger partial charge in [0.25, 0.3) is 0 Å². The van der Waals surface area contributed by atoms with Gasteiger partial charge in [-0.15, -0.1) is 0 Å². The van der Waals surface area contributed by atoms with Gasteiger partial charge in [0.1, 0.15) is 0 Å². The highest BCUT2D eigenvalue weighted by Crippen LogP contribution is 2.16. The van der Waals surface area contributed by atoms with Gasteiger partial charge in [-0.2, -0.15) is 0 Å². The highest BCUT2D eigenvalue weighted by molar-refractivity contribution is 6.40. The topological polar surface area (TPSA) is 40.6 Å². The van der Waals surface area contributed by atoms with Crippen molar-refractivity contribution in [3.05, 3.63) is 29.8 Å². The van der Waals surface area contributed by atoms with Crippen LogP contribution in [-0.4, -0.2) is 36.3 Å². The molecular formula is C18H28N2O2. The molecule has 0 unspecified atom stereocenters. The Morgan fingerprint density at radius 2 is 1.73 bits per heavy atom. The van der Waals surface area contributed by atoms with Gasteiger partial charge in [-0.25, -0.2) is 0 Å². The van der Waals surface area contributed by atoms with E-state index in [1.165, 1.54) is 0 Å². The minimum atomic E-state index is -0.433. The van der Waals surface area contributed by atoms with Crippen molar-refractivity contribution >= 4 is 17.5 Å². The summed E-state index contributed by atoms with van der Waals surface area (Å²) in [6.07, 6.45) is 2.80. The van der Waals surface area contributed by atoms with Crippen LogP contribution in [0.3, 0.4) is 0 Å². The lowest BCUT2D eigenvalue weighted by molar-refractivity contribution is -0.144. The number of hydrogen-bond acceptors (Lipinski definition) is 2. The van der Waals surface area contributed by atoms with E-state index in [9.17, 15) is 9.59 Å². The molecular weight excluding hydrogens is 276 g/mol. The van der Waals surface area contributed by atoms with Crippen molar-refractivity contribution in [1.29, 1.82) is 0 Å². The molecule has 4 nitrogen and oxygen atoms in total. The highest BCUT2D eigenvalue weighted by Gasteiger charge is 2.26. The zero-order chi connectivity index (χ0) is 16.5. The van der Waals surface area contributed by atoms with Crippen molar-refractivity contribution in [2.24, 2.45) is 0 Å². The number of unbranched alkanes of at least 4 members (excludes halogenated alkanes) is 1. The van der Waals surface area contributed by atoms with Gasteiger partial charge in [0, 0.05) is 25.3 Å². The van der Waals surface area contributed by atoms with Crippen LogP contribution in [-0.2, 0) is 9.59 Å². The third-order valence-corrected chi connectivity index (χ3v) is 3.62. The Bertz CT molecular complexity index is 500. The SMILES string of the molecule is CCCCN(CCC)C(=O)C(=O)N(CC)c1cccc(C)c1. The van der Waals surface area contributed by atoms with Crippen LogP contribution in [0.2, 0.25) is 0 Å². The molecule has 0 aliphatic carbocycles. The van der Waals surface area contributed by atoms with E-state index in [0.717, 1.165) is 30.5 Å². The number of carbonyl (C=O) groups is 2. The number of nitrogens with zero attached hydrogens (tertiary/aromatic N) is 2. The van der Waals surface area contributed by atoms with Gasteiger partial charge in [-0.1, -0.05) is 32.4 Å². The highest BCUT2D eigenvalue weighted by atomic mass is 16.2. The van der Waals surface area contributed by atoms with Crippen molar-refractivity contribution in [2.45, 2.75) is 47.0 Å². The average molecular weight is 304 g/mol. The Morgan fingerprint density at radius 1 is 1.00 bits per heavy atom. The molecule has 0 N–H and O–H groups in total. The van der Waals surface area contributed by atoms with E-state index in [-0.39, 0.29) is 0 Å². The molecule has 0 spiro atoms. The van der Waals surface area contributed by atoms with E-state index in [0.29, 0.717) is 19.6 Å². The van der Waals surface area contributed by atoms with E-state index in [4.69, 9.17) is 0 Å². The van der Waals surface area contributed by atoms with Gasteiger partial charge in [-0.3, -0.25) is 9.59 Å². The lowest BCUT2D eigenvalue weighted by Crippen LogP contribution is -2.46. The number of amides is 2. The molecule has 1 aromatic rings. The van der Waals surface area contributed by atoms with E-state index >= 15 is 0 Å². The molecule has 4 heteroatoms. The van der Waals surface area contributed by atoms with Crippen LogP contribution in [0.25, 0.3) is 0 Å². The Hall–Kier alpha value is -1.84. The average Bonchev–Trinajstić information content (AvgIpc) is 2.51. The van der Waals surface area contributed by atoms with Crippen LogP contribution >= 0.6 is 0 Å². The zero-order valence-corrected chi connectivity index (χ0v) is 14.3. The van der Waals surface area contributed by atoms with Crippen LogP contribution in [0, 0.1) is 6.92 Å². The molecule has 2 amide bonds. The number of carbonyl (C=O) groups excluding carboxylic acids is 2. The summed E-state index contributed by atoms with van der Waals surface area (Å²) in [6.45, 7) is 9.76. The second-order valence-electron chi connectivity index (χ2n) is 5.53. The zero-order valence-electron chi connectivity index (χ0n) is 14.3. The number of likely N-dealkylation sites (N-methyl/N-ethyl adjacent to an activating group) is 1. The molecule has 22 heavy (non-hydrogen) atoms. The smallest absolute Gasteiger partial charge is 0.316 e. The van der Waals surface area contributed by atoms with Crippen molar-refractivity contribution in [2.75, 3.05) is 24.5 Å². The summed E-state index contributed by atoms with van der Waals surface area (Å²) < 4.78 is 0. The summed E-state index contributed by atoms with van der Waals surface area (Å²) in [6, 6.07) is 7.70. The third kappa shape index (κ3) is 4.86. The second-order valence-corrected chi connectivity index (χ2v) is 5.53. The lowest BCUT2D eigenvalue weighted by Gasteiger charge is -2.26. The predicted octanol–water partition coefficient (Wildman–Crippen LogP) is 3.39. The summed E-state index contributed by atoms with van der Waals surface area (Å²) in [5, 5.41) is 0. The molecule has 0 aliphatic rings. The molecule has 0 aromatic heterocycles. The van der Waals surface area contributed by atoms with Crippen LogP contribution < -0.4 is 4.90 Å². The van der Waals surface area contributed by atoms with Gasteiger partial charge in [0.15, 0.2) is 0 Å². The Labute approximate surface area is 134 Å². The minimum Gasteiger partial charge on any atom is -0.334 e. The maximum absolute atomic E-state index is 12.6. The number of rotatable bonds is 7. The number of aryl methyl sites for hydroxylation is 1. The molecule has 1 rings (SSSR count). The maximum Gasteiger partial charge on any atom is 0.316 e. The number of anilines is 1. The molecule has 0 fully saturated rings. The largest absolute Gasteiger partial charge is 0.334 e. The standard InChI is InChI=1S/C18H28N2O2/c1-5-8-13-19(12-6-2)17(21)18(22)20(7-3)16-11-9-10-15(4)14-16/h9-11,14H,5-8,12-13H2,1-4H3. The summed E-state index contributed by atoms with van der Waals surface area (Å²) in [5.74, 6) is -0.823. The first-order valence-electron chi connectivity index (χ1n) is 8.22. The molecule has 1 aromatic carbocycles. The van der Waals surface area contributed by atoms with Crippen molar-refractivity contribution in [3.8, 4) is 0 Å². The first kappa shape index (κ1) is 18.2. The molecule has 0 heterocycles. The Morgan fingerprint density at radius 3 is 2.27 bits per heavy atom. The van der Waals surface area contributed by atoms with Crippen molar-refractivity contribution < 1.29 is 9.59 Å². The van der Waals surface area contributed by atoms with Crippen LogP contribution in [0.5, 0.6) is 0 Å². The molecule has 0 saturated heterocycles. The van der Waals surface area contributed by atoms with Gasteiger partial charge >= 0.3 is 11.8 Å². The molecule has 0 atom stereocenters. The fourth-order valence-electron chi connectivity index (χ4n) is 2.42. The molecule has 0 saturated carbocycles. The lowest BCUT2D eigenvalue weighted by atomic mass is 10.2. The summed E-state index contributed by atoms with van der Waals surface area (Å²) in [4.78, 5) is 28.4. The fourth-order valence-corrected chi connectivity index (χ4v) is 2.42. The quantitative estimate of drug-likeness (QED) is 0.725. The van der Waals surface area contributed by atoms with Gasteiger partial charge in [0.2, 0.25) is 0 Å². The van der Waals surface area contributed by atoms with E-state index < -0.39 is 11.8 Å². The third-order valence-electron chi connectivity index (χ3n) is 3.62. The Balaban J connectivity index is 2.91.